The van der Waals surface area contributed by atoms with E-state index in [4.69, 9.17) is 21.0 Å². The second-order valence-electron chi connectivity index (χ2n) is 4.07. The van der Waals surface area contributed by atoms with Gasteiger partial charge in [0.25, 0.3) is 0 Å². The van der Waals surface area contributed by atoms with E-state index in [1.165, 1.54) is 0 Å². The minimum atomic E-state index is -2.04. The Hall–Kier alpha value is -2.37. The molecule has 0 radical (unpaired) electrons. The molecule has 0 saturated heterocycles. The molecule has 0 aromatic heterocycles. The lowest BCUT2D eigenvalue weighted by Crippen LogP contribution is -2.36. The van der Waals surface area contributed by atoms with E-state index in [1.807, 2.05) is 6.07 Å². The first-order chi connectivity index (χ1) is 8.15. The van der Waals surface area contributed by atoms with Crippen molar-refractivity contribution in [3.8, 4) is 24.3 Å². The number of ketones is 1. The molecule has 1 saturated carbocycles. The Bertz CT molecular complexity index is 447. The summed E-state index contributed by atoms with van der Waals surface area (Å²) in [7, 11) is 0. The topological polar surface area (TPSA) is 112 Å². The lowest BCUT2D eigenvalue weighted by Gasteiger charge is -2.27. The smallest absolute Gasteiger partial charge is 0.244 e. The van der Waals surface area contributed by atoms with Gasteiger partial charge in [0, 0.05) is 12.3 Å². The van der Waals surface area contributed by atoms with E-state index in [0.29, 0.717) is 12.8 Å². The average molecular weight is 226 g/mol. The zero-order valence-electron chi connectivity index (χ0n) is 9.18. The summed E-state index contributed by atoms with van der Waals surface area (Å²) in [6.07, 6.45) is 2.39. The summed E-state index contributed by atoms with van der Waals surface area (Å²) >= 11 is 0. The molecule has 1 rings (SSSR count). The fourth-order valence-corrected chi connectivity index (χ4v) is 2.13. The molecule has 0 bridgehead atoms. The number of Topliss-reactive ketones (excluding diaryl/α,β-unsaturated/α-hetero) is 1. The average Bonchev–Trinajstić information content (AvgIpc) is 2.38. The molecule has 1 aliphatic rings. The quantitative estimate of drug-likeness (QED) is 0.706. The van der Waals surface area contributed by atoms with Crippen molar-refractivity contribution in [1.29, 1.82) is 21.0 Å². The predicted molar refractivity (Wildman–Crippen MR) is 55.3 cm³/mol. The van der Waals surface area contributed by atoms with Gasteiger partial charge in [0.05, 0.1) is 6.07 Å². The van der Waals surface area contributed by atoms with E-state index in [2.05, 4.69) is 0 Å². The van der Waals surface area contributed by atoms with Crippen molar-refractivity contribution < 1.29 is 4.79 Å². The standard InChI is InChI=1S/C12H10N4O/c13-5-10(12(6-14,7-15)8-16)9-3-1-2-4-11(9)17/h9-10H,1-4H2. The van der Waals surface area contributed by atoms with Gasteiger partial charge in [-0.05, 0) is 12.8 Å². The fourth-order valence-electron chi connectivity index (χ4n) is 2.13. The zero-order valence-corrected chi connectivity index (χ0v) is 9.18. The lowest BCUT2D eigenvalue weighted by atomic mass is 9.67. The number of hydrogen-bond donors (Lipinski definition) is 0. The zero-order chi connectivity index (χ0) is 12.9. The number of carbonyl (C=O) groups is 1. The van der Waals surface area contributed by atoms with Crippen LogP contribution in [0.2, 0.25) is 0 Å². The van der Waals surface area contributed by atoms with E-state index in [1.54, 1.807) is 18.2 Å². The monoisotopic (exact) mass is 226 g/mol. The lowest BCUT2D eigenvalue weighted by molar-refractivity contribution is -0.126. The summed E-state index contributed by atoms with van der Waals surface area (Å²) in [6.45, 7) is 0. The van der Waals surface area contributed by atoms with Gasteiger partial charge < -0.3 is 0 Å². The van der Waals surface area contributed by atoms with E-state index < -0.39 is 17.3 Å². The molecule has 1 fully saturated rings. The number of nitrogens with zero attached hydrogens (tertiary/aromatic N) is 4. The van der Waals surface area contributed by atoms with E-state index in [0.717, 1.165) is 12.8 Å². The molecule has 5 heteroatoms. The summed E-state index contributed by atoms with van der Waals surface area (Å²) in [5.74, 6) is -1.93. The van der Waals surface area contributed by atoms with Crippen LogP contribution in [0.4, 0.5) is 0 Å². The Morgan fingerprint density at radius 1 is 1.12 bits per heavy atom. The highest BCUT2D eigenvalue weighted by molar-refractivity contribution is 5.82. The first kappa shape index (κ1) is 12.7. The molecule has 0 heterocycles. The number of nitriles is 4. The molecule has 2 unspecified atom stereocenters. The SMILES string of the molecule is N#CC(C1CCCCC1=O)C(C#N)(C#N)C#N. The molecule has 0 spiro atoms. The highest BCUT2D eigenvalue weighted by Crippen LogP contribution is 2.37. The van der Waals surface area contributed by atoms with Crippen molar-refractivity contribution >= 4 is 5.78 Å². The van der Waals surface area contributed by atoms with Crippen LogP contribution >= 0.6 is 0 Å². The van der Waals surface area contributed by atoms with Crippen molar-refractivity contribution in [2.75, 3.05) is 0 Å². The van der Waals surface area contributed by atoms with Gasteiger partial charge in [-0.15, -0.1) is 0 Å². The highest BCUT2D eigenvalue weighted by atomic mass is 16.1. The first-order valence-corrected chi connectivity index (χ1v) is 5.31. The Balaban J connectivity index is 3.13. The molecule has 0 N–H and O–H groups in total. The number of hydrogen-bond acceptors (Lipinski definition) is 5. The van der Waals surface area contributed by atoms with E-state index >= 15 is 0 Å². The maximum absolute atomic E-state index is 11.7. The van der Waals surface area contributed by atoms with Crippen LogP contribution in [-0.2, 0) is 4.79 Å². The molecule has 84 valence electrons. The van der Waals surface area contributed by atoms with Crippen molar-refractivity contribution in [2.45, 2.75) is 25.7 Å². The Morgan fingerprint density at radius 3 is 2.12 bits per heavy atom. The van der Waals surface area contributed by atoms with Crippen LogP contribution < -0.4 is 0 Å². The highest BCUT2D eigenvalue weighted by Gasteiger charge is 2.47. The third-order valence-corrected chi connectivity index (χ3v) is 3.14. The Labute approximate surface area is 99.5 Å². The van der Waals surface area contributed by atoms with E-state index in [9.17, 15) is 4.79 Å². The Morgan fingerprint density at radius 2 is 1.71 bits per heavy atom. The second-order valence-corrected chi connectivity index (χ2v) is 4.07. The molecule has 0 aromatic rings. The first-order valence-electron chi connectivity index (χ1n) is 5.31. The van der Waals surface area contributed by atoms with Gasteiger partial charge in [0.2, 0.25) is 5.41 Å². The molecule has 0 aromatic carbocycles. The maximum Gasteiger partial charge on any atom is 0.244 e. The van der Waals surface area contributed by atoms with Gasteiger partial charge in [-0.2, -0.15) is 21.0 Å². The fraction of sp³-hybridized carbons (Fsp3) is 0.583. The summed E-state index contributed by atoms with van der Waals surface area (Å²) in [4.78, 5) is 11.7. The van der Waals surface area contributed by atoms with Crippen LogP contribution in [0.3, 0.4) is 0 Å². The van der Waals surface area contributed by atoms with Crippen LogP contribution in [0, 0.1) is 62.6 Å². The summed E-state index contributed by atoms with van der Waals surface area (Å²) in [5.41, 5.74) is -2.04. The normalized spacial score (nSPS) is 21.4. The minimum absolute atomic E-state index is 0.118. The Kier molecular flexibility index (Phi) is 3.82. The van der Waals surface area contributed by atoms with Crippen LogP contribution in [-0.4, -0.2) is 5.78 Å². The summed E-state index contributed by atoms with van der Waals surface area (Å²) in [5, 5.41) is 35.9. The minimum Gasteiger partial charge on any atom is -0.299 e. The van der Waals surface area contributed by atoms with Crippen LogP contribution in [0.5, 0.6) is 0 Å². The molecule has 5 nitrogen and oxygen atoms in total. The maximum atomic E-state index is 11.7. The largest absolute Gasteiger partial charge is 0.299 e. The predicted octanol–water partition coefficient (Wildman–Crippen LogP) is 1.44. The molecule has 2 atom stereocenters. The third-order valence-electron chi connectivity index (χ3n) is 3.14. The van der Waals surface area contributed by atoms with Gasteiger partial charge in [0.15, 0.2) is 0 Å². The van der Waals surface area contributed by atoms with Crippen molar-refractivity contribution in [3.05, 3.63) is 0 Å². The van der Waals surface area contributed by atoms with Crippen molar-refractivity contribution in [1.82, 2.24) is 0 Å². The third kappa shape index (κ3) is 2.10. The van der Waals surface area contributed by atoms with Gasteiger partial charge in [-0.25, -0.2) is 0 Å². The van der Waals surface area contributed by atoms with Gasteiger partial charge in [-0.3, -0.25) is 4.79 Å². The van der Waals surface area contributed by atoms with Crippen molar-refractivity contribution in [2.24, 2.45) is 17.3 Å². The van der Waals surface area contributed by atoms with Crippen molar-refractivity contribution in [3.63, 3.8) is 0 Å². The number of carbonyl (C=O) groups excluding carboxylic acids is 1. The van der Waals surface area contributed by atoms with Gasteiger partial charge in [0.1, 0.15) is 29.9 Å². The molecular weight excluding hydrogens is 216 g/mol. The van der Waals surface area contributed by atoms with Crippen LogP contribution in [0.25, 0.3) is 0 Å². The molecule has 0 amide bonds. The van der Waals surface area contributed by atoms with Gasteiger partial charge >= 0.3 is 0 Å². The molecule has 17 heavy (non-hydrogen) atoms. The number of rotatable bonds is 2. The van der Waals surface area contributed by atoms with Gasteiger partial charge in [-0.1, -0.05) is 6.42 Å². The molecule has 0 aliphatic heterocycles. The second kappa shape index (κ2) is 5.11. The van der Waals surface area contributed by atoms with Crippen LogP contribution in [0.15, 0.2) is 0 Å². The van der Waals surface area contributed by atoms with Crippen LogP contribution in [0.1, 0.15) is 25.7 Å². The molecular formula is C12H10N4O. The van der Waals surface area contributed by atoms with E-state index in [-0.39, 0.29) is 5.78 Å². The molecule has 1 aliphatic carbocycles. The summed E-state index contributed by atoms with van der Waals surface area (Å²) < 4.78 is 0. The summed E-state index contributed by atoms with van der Waals surface area (Å²) in [6, 6.07) is 6.57.